The van der Waals surface area contributed by atoms with Crippen LogP contribution in [0.25, 0.3) is 10.9 Å². The fourth-order valence-electron chi connectivity index (χ4n) is 6.55. The van der Waals surface area contributed by atoms with Gasteiger partial charge < -0.3 is 20.0 Å². The molecule has 1 N–H and O–H groups in total. The number of carbonyl (C=O) groups is 3. The number of anilines is 2. The molecule has 0 spiro atoms. The number of imide groups is 1. The number of nitrogens with one attached hydrogen (secondary N) is 1. The van der Waals surface area contributed by atoms with Crippen LogP contribution in [0.1, 0.15) is 52.7 Å². The Balaban J connectivity index is 1.40. The van der Waals surface area contributed by atoms with Gasteiger partial charge in [-0.2, -0.15) is 0 Å². The van der Waals surface area contributed by atoms with Crippen LogP contribution >= 0.6 is 0 Å². The number of hydrogen-bond donors (Lipinski definition) is 1. The van der Waals surface area contributed by atoms with Crippen LogP contribution < -0.4 is 15.1 Å². The molecule has 5 rings (SSSR count). The predicted octanol–water partition coefficient (Wildman–Crippen LogP) is 4.78. The Hall–Kier alpha value is -3.82. The zero-order valence-electron chi connectivity index (χ0n) is 26.7. The Labute approximate surface area is 254 Å². The number of nitrogens with zero attached hydrogens (tertiary/aromatic N) is 5. The summed E-state index contributed by atoms with van der Waals surface area (Å²) >= 11 is 0. The van der Waals surface area contributed by atoms with E-state index in [2.05, 4.69) is 42.9 Å². The molecule has 3 heterocycles. The second kappa shape index (κ2) is 11.0. The summed E-state index contributed by atoms with van der Waals surface area (Å²) in [5, 5.41) is 4.31. The largest absolute Gasteiger partial charge is 0.332 e. The average Bonchev–Trinajstić information content (AvgIpc) is 3.29. The summed E-state index contributed by atoms with van der Waals surface area (Å²) in [6, 6.07) is 14.9. The minimum absolute atomic E-state index is 0.0108. The summed E-state index contributed by atoms with van der Waals surface area (Å²) in [6.45, 7) is 14.8. The van der Waals surface area contributed by atoms with Crippen molar-refractivity contribution in [1.29, 1.82) is 0 Å². The zero-order valence-corrected chi connectivity index (χ0v) is 26.7. The van der Waals surface area contributed by atoms with Crippen molar-refractivity contribution in [3.8, 4) is 0 Å². The normalized spacial score (nSPS) is 17.8. The standard InChI is InChI=1S/C34H44N6O3/c1-32(2,21-37(7)8)20-35-18-29(41)38-22-33(3,4)26-14-13-24(17-28(26)38)40-30(42)34(5,6)39(31(40)43)19-23-15-16-36-27-12-10-9-11-25(23)27/h9-17,35H,18-22H2,1-8H3. The first kappa shape index (κ1) is 30.6. The summed E-state index contributed by atoms with van der Waals surface area (Å²) in [6.07, 6.45) is 1.73. The van der Waals surface area contributed by atoms with Gasteiger partial charge in [0, 0.05) is 48.9 Å². The van der Waals surface area contributed by atoms with Gasteiger partial charge in [-0.15, -0.1) is 0 Å². The minimum Gasteiger partial charge on any atom is -0.310 e. The molecule has 0 radical (unpaired) electrons. The molecule has 1 fully saturated rings. The van der Waals surface area contributed by atoms with Crippen LogP contribution in [0.2, 0.25) is 0 Å². The van der Waals surface area contributed by atoms with E-state index < -0.39 is 5.54 Å². The molecule has 0 unspecified atom stereocenters. The van der Waals surface area contributed by atoms with Crippen molar-refractivity contribution in [3.63, 3.8) is 0 Å². The number of amides is 4. The number of aromatic nitrogens is 1. The quantitative estimate of drug-likeness (QED) is 0.364. The fraction of sp³-hybridized carbons (Fsp3) is 0.471. The van der Waals surface area contributed by atoms with E-state index in [1.807, 2.05) is 62.6 Å². The Kier molecular flexibility index (Phi) is 7.86. The van der Waals surface area contributed by atoms with Crippen LogP contribution in [0.4, 0.5) is 16.2 Å². The highest BCUT2D eigenvalue weighted by atomic mass is 16.2. The number of urea groups is 1. The molecule has 4 amide bonds. The molecular formula is C34H44N6O3. The molecule has 2 aliphatic rings. The highest BCUT2D eigenvalue weighted by Gasteiger charge is 2.52. The summed E-state index contributed by atoms with van der Waals surface area (Å²) in [7, 11) is 4.09. The van der Waals surface area contributed by atoms with Crippen molar-refractivity contribution < 1.29 is 14.4 Å². The van der Waals surface area contributed by atoms with Gasteiger partial charge in [0.15, 0.2) is 0 Å². The van der Waals surface area contributed by atoms with Gasteiger partial charge >= 0.3 is 6.03 Å². The van der Waals surface area contributed by atoms with E-state index in [9.17, 15) is 14.4 Å². The zero-order chi connectivity index (χ0) is 31.3. The molecule has 0 bridgehead atoms. The maximum Gasteiger partial charge on any atom is 0.332 e. The number of para-hydroxylation sites is 1. The third kappa shape index (κ3) is 5.76. The van der Waals surface area contributed by atoms with Gasteiger partial charge in [0.1, 0.15) is 5.54 Å². The van der Waals surface area contributed by atoms with Crippen molar-refractivity contribution in [2.24, 2.45) is 5.41 Å². The van der Waals surface area contributed by atoms with E-state index in [0.717, 1.165) is 34.3 Å². The highest BCUT2D eigenvalue weighted by Crippen LogP contribution is 2.44. The van der Waals surface area contributed by atoms with Gasteiger partial charge in [-0.1, -0.05) is 52.0 Å². The van der Waals surface area contributed by atoms with Crippen molar-refractivity contribution in [1.82, 2.24) is 20.1 Å². The van der Waals surface area contributed by atoms with Crippen LogP contribution in [0.3, 0.4) is 0 Å². The molecule has 0 atom stereocenters. The molecule has 3 aromatic rings. The monoisotopic (exact) mass is 584 g/mol. The lowest BCUT2D eigenvalue weighted by molar-refractivity contribution is -0.123. The average molecular weight is 585 g/mol. The Morgan fingerprint density at radius 2 is 1.77 bits per heavy atom. The molecule has 9 heteroatoms. The van der Waals surface area contributed by atoms with Gasteiger partial charge in [0.2, 0.25) is 5.91 Å². The van der Waals surface area contributed by atoms with E-state index in [1.54, 1.807) is 29.8 Å². The lowest BCUT2D eigenvalue weighted by Crippen LogP contribution is -2.44. The van der Waals surface area contributed by atoms with Crippen LogP contribution in [-0.2, 0) is 21.5 Å². The summed E-state index contributed by atoms with van der Waals surface area (Å²) in [5.74, 6) is -0.328. The molecule has 1 saturated heterocycles. The van der Waals surface area contributed by atoms with Crippen LogP contribution in [0, 0.1) is 5.41 Å². The number of carbonyl (C=O) groups excluding carboxylic acids is 3. The second-order valence-corrected chi connectivity index (χ2v) is 14.1. The van der Waals surface area contributed by atoms with Gasteiger partial charge in [0.05, 0.1) is 17.7 Å². The first-order valence-electron chi connectivity index (χ1n) is 14.9. The van der Waals surface area contributed by atoms with Gasteiger partial charge in [-0.3, -0.25) is 14.6 Å². The first-order valence-corrected chi connectivity index (χ1v) is 14.9. The van der Waals surface area contributed by atoms with E-state index >= 15 is 0 Å². The fourth-order valence-corrected chi connectivity index (χ4v) is 6.55. The summed E-state index contributed by atoms with van der Waals surface area (Å²) in [4.78, 5) is 52.5. The molecule has 9 nitrogen and oxygen atoms in total. The molecule has 228 valence electrons. The third-order valence-electron chi connectivity index (χ3n) is 8.63. The molecule has 2 aromatic carbocycles. The van der Waals surface area contributed by atoms with Gasteiger partial charge in [-0.25, -0.2) is 9.69 Å². The molecular weight excluding hydrogens is 540 g/mol. The topological polar surface area (TPSA) is 89.1 Å². The smallest absolute Gasteiger partial charge is 0.310 e. The van der Waals surface area contributed by atoms with Crippen molar-refractivity contribution in [2.45, 2.75) is 59.0 Å². The first-order chi connectivity index (χ1) is 20.1. The van der Waals surface area contributed by atoms with E-state index in [-0.39, 0.29) is 41.8 Å². The summed E-state index contributed by atoms with van der Waals surface area (Å²) in [5.41, 5.74) is 2.70. The van der Waals surface area contributed by atoms with Crippen LogP contribution in [0.5, 0.6) is 0 Å². The third-order valence-corrected chi connectivity index (χ3v) is 8.63. The minimum atomic E-state index is -1.06. The van der Waals surface area contributed by atoms with E-state index in [4.69, 9.17) is 0 Å². The lowest BCUT2D eigenvalue weighted by atomic mass is 9.87. The number of fused-ring (bicyclic) bond motifs is 2. The van der Waals surface area contributed by atoms with Crippen LogP contribution in [-0.4, -0.2) is 78.4 Å². The van der Waals surface area contributed by atoms with E-state index in [1.165, 1.54) is 4.90 Å². The Bertz CT molecular complexity index is 1570. The van der Waals surface area contributed by atoms with E-state index in [0.29, 0.717) is 18.8 Å². The predicted molar refractivity (Wildman–Crippen MR) is 171 cm³/mol. The van der Waals surface area contributed by atoms with Gasteiger partial charge in [0.25, 0.3) is 5.91 Å². The Morgan fingerprint density at radius 3 is 2.49 bits per heavy atom. The maximum atomic E-state index is 13.9. The molecule has 1 aromatic heterocycles. The highest BCUT2D eigenvalue weighted by molar-refractivity contribution is 6.23. The molecule has 2 aliphatic heterocycles. The second-order valence-electron chi connectivity index (χ2n) is 14.1. The molecule has 0 saturated carbocycles. The van der Waals surface area contributed by atoms with Gasteiger partial charge in [-0.05, 0) is 68.8 Å². The summed E-state index contributed by atoms with van der Waals surface area (Å²) < 4.78 is 0. The number of hydrogen-bond acceptors (Lipinski definition) is 6. The SMILES string of the molecule is CN(C)CC(C)(C)CNCC(=O)N1CC(C)(C)c2ccc(N3C(=O)N(Cc4ccnc5ccccc45)C(C)(C)C3=O)cc21. The van der Waals surface area contributed by atoms with Crippen LogP contribution in [0.15, 0.2) is 54.7 Å². The molecule has 43 heavy (non-hydrogen) atoms. The lowest BCUT2D eigenvalue weighted by Gasteiger charge is -2.29. The number of benzene rings is 2. The van der Waals surface area contributed by atoms with Crippen molar-refractivity contribution in [2.75, 3.05) is 50.1 Å². The number of pyridine rings is 1. The number of rotatable bonds is 9. The molecule has 0 aliphatic carbocycles. The maximum absolute atomic E-state index is 13.9. The Morgan fingerprint density at radius 1 is 1.05 bits per heavy atom. The van der Waals surface area contributed by atoms with Crippen molar-refractivity contribution in [3.05, 3.63) is 65.9 Å². The van der Waals surface area contributed by atoms with Crippen molar-refractivity contribution >= 4 is 40.1 Å².